The zero-order valence-corrected chi connectivity index (χ0v) is 24.3. The molecule has 0 aliphatic heterocycles. The summed E-state index contributed by atoms with van der Waals surface area (Å²) in [5.74, 6) is -2.50. The predicted molar refractivity (Wildman–Crippen MR) is 152 cm³/mol. The number of ether oxygens (including phenoxy) is 2. The van der Waals surface area contributed by atoms with E-state index in [4.69, 9.17) is 10.5 Å². The number of esters is 1. The molecule has 1 rings (SSSR count). The molecule has 0 aliphatic carbocycles. The van der Waals surface area contributed by atoms with Crippen LogP contribution in [0.15, 0.2) is 30.8 Å². The molecule has 0 saturated carbocycles. The molecular formula is C29H44N4O7. The maximum absolute atomic E-state index is 14.1. The summed E-state index contributed by atoms with van der Waals surface area (Å²) in [5.41, 5.74) is 5.72. The molecule has 2 atom stereocenters. The summed E-state index contributed by atoms with van der Waals surface area (Å²) >= 11 is 0. The number of hydrogen-bond acceptors (Lipinski definition) is 7. The normalized spacial score (nSPS) is 12.4. The Morgan fingerprint density at radius 2 is 1.82 bits per heavy atom. The maximum atomic E-state index is 14.1. The van der Waals surface area contributed by atoms with Gasteiger partial charge in [-0.15, -0.1) is 0 Å². The largest absolute Gasteiger partial charge is 0.468 e. The van der Waals surface area contributed by atoms with Crippen molar-refractivity contribution in [3.05, 3.63) is 42.0 Å². The Hall–Kier alpha value is -3.89. The van der Waals surface area contributed by atoms with Crippen LogP contribution >= 0.6 is 0 Å². The summed E-state index contributed by atoms with van der Waals surface area (Å²) < 4.78 is 9.99. The Morgan fingerprint density at radius 3 is 2.40 bits per heavy atom. The van der Waals surface area contributed by atoms with Gasteiger partial charge in [-0.2, -0.15) is 0 Å². The van der Waals surface area contributed by atoms with E-state index in [1.165, 1.54) is 12.0 Å². The molecule has 0 saturated heterocycles. The van der Waals surface area contributed by atoms with Gasteiger partial charge in [-0.1, -0.05) is 57.0 Å². The van der Waals surface area contributed by atoms with Crippen molar-refractivity contribution in [2.24, 2.45) is 5.73 Å². The maximum Gasteiger partial charge on any atom is 0.408 e. The smallest absolute Gasteiger partial charge is 0.408 e. The third-order valence-corrected chi connectivity index (χ3v) is 5.86. The molecule has 40 heavy (non-hydrogen) atoms. The number of rotatable bonds is 16. The number of carbonyl (C=O) groups excluding carboxylic acids is 5. The van der Waals surface area contributed by atoms with E-state index in [-0.39, 0.29) is 19.4 Å². The fraction of sp³-hybridized carbons (Fsp3) is 0.552. The minimum absolute atomic E-state index is 0.0952. The Kier molecular flexibility index (Phi) is 14.5. The number of nitrogens with zero attached hydrogens (tertiary/aromatic N) is 1. The van der Waals surface area contributed by atoms with Crippen LogP contribution in [-0.2, 0) is 28.7 Å². The number of benzene rings is 1. The lowest BCUT2D eigenvalue weighted by atomic mass is 9.99. The molecule has 2 unspecified atom stereocenters. The van der Waals surface area contributed by atoms with Crippen LogP contribution in [0, 0.1) is 0 Å². The first kappa shape index (κ1) is 34.1. The standard InChI is InChI=1S/C29H44N4O7/c1-7-9-10-11-17-33(27(37)22(15-16-23(30)34)32-28(38)40-29(3,4)5)25(26(36)31-19-24(35)39-6)21-14-12-13-20(8-2)18-21/h8,12-14,18,22,25H,2,7,9-11,15-17,19H2,1,3-6H3,(H2,30,34)(H,31,36)(H,32,38). The van der Waals surface area contributed by atoms with Crippen LogP contribution in [0.4, 0.5) is 4.79 Å². The van der Waals surface area contributed by atoms with E-state index in [0.29, 0.717) is 12.0 Å². The fourth-order valence-corrected chi connectivity index (χ4v) is 3.93. The number of unbranched alkanes of at least 4 members (excludes halogenated alkanes) is 3. The van der Waals surface area contributed by atoms with Gasteiger partial charge in [-0.3, -0.25) is 19.2 Å². The fourth-order valence-electron chi connectivity index (χ4n) is 3.93. The van der Waals surface area contributed by atoms with Crippen molar-refractivity contribution in [3.63, 3.8) is 0 Å². The minimum Gasteiger partial charge on any atom is -0.468 e. The monoisotopic (exact) mass is 560 g/mol. The van der Waals surface area contributed by atoms with Crippen molar-refractivity contribution >= 4 is 35.9 Å². The van der Waals surface area contributed by atoms with Gasteiger partial charge in [-0.25, -0.2) is 4.79 Å². The first-order valence-corrected chi connectivity index (χ1v) is 13.5. The molecule has 222 valence electrons. The molecule has 1 aromatic carbocycles. The van der Waals surface area contributed by atoms with Gasteiger partial charge in [0.15, 0.2) is 0 Å². The number of alkyl carbamates (subject to hydrolysis) is 1. The average molecular weight is 561 g/mol. The third-order valence-electron chi connectivity index (χ3n) is 5.86. The first-order valence-electron chi connectivity index (χ1n) is 13.5. The van der Waals surface area contributed by atoms with E-state index < -0.39 is 54.0 Å². The van der Waals surface area contributed by atoms with Gasteiger partial charge in [0.1, 0.15) is 24.2 Å². The van der Waals surface area contributed by atoms with Gasteiger partial charge in [0, 0.05) is 13.0 Å². The van der Waals surface area contributed by atoms with E-state index in [0.717, 1.165) is 24.8 Å². The predicted octanol–water partition coefficient (Wildman–Crippen LogP) is 3.23. The van der Waals surface area contributed by atoms with Crippen molar-refractivity contribution in [3.8, 4) is 0 Å². The molecule has 4 N–H and O–H groups in total. The highest BCUT2D eigenvalue weighted by molar-refractivity contribution is 5.93. The summed E-state index contributed by atoms with van der Waals surface area (Å²) in [6.45, 7) is 10.7. The SMILES string of the molecule is C=Cc1cccc(C(C(=O)NCC(=O)OC)N(CCCCCC)C(=O)C(CCC(N)=O)NC(=O)OC(C)(C)C)c1. The van der Waals surface area contributed by atoms with Crippen LogP contribution < -0.4 is 16.4 Å². The summed E-state index contributed by atoms with van der Waals surface area (Å²) in [5, 5.41) is 5.10. The summed E-state index contributed by atoms with van der Waals surface area (Å²) in [4.78, 5) is 65.1. The van der Waals surface area contributed by atoms with Gasteiger partial charge in [-0.05, 0) is 50.8 Å². The van der Waals surface area contributed by atoms with Crippen LogP contribution in [0.1, 0.15) is 83.4 Å². The van der Waals surface area contributed by atoms with Crippen molar-refractivity contribution < 1.29 is 33.4 Å². The molecule has 0 aliphatic rings. The summed E-state index contributed by atoms with van der Waals surface area (Å²) in [6, 6.07) is 4.59. The van der Waals surface area contributed by atoms with Crippen molar-refractivity contribution in [1.29, 1.82) is 0 Å². The Balaban J connectivity index is 3.56. The second-order valence-corrected chi connectivity index (χ2v) is 10.4. The molecule has 0 spiro atoms. The zero-order valence-electron chi connectivity index (χ0n) is 24.3. The number of hydrogen-bond donors (Lipinski definition) is 3. The first-order chi connectivity index (χ1) is 18.8. The molecule has 11 nitrogen and oxygen atoms in total. The number of nitrogens with one attached hydrogen (secondary N) is 2. The van der Waals surface area contributed by atoms with Gasteiger partial charge in [0.05, 0.1) is 7.11 Å². The molecule has 11 heteroatoms. The third kappa shape index (κ3) is 12.3. The molecule has 0 fully saturated rings. The zero-order chi connectivity index (χ0) is 30.3. The highest BCUT2D eigenvalue weighted by Gasteiger charge is 2.36. The van der Waals surface area contributed by atoms with Crippen LogP contribution in [0.5, 0.6) is 0 Å². The minimum atomic E-state index is -1.20. The molecule has 4 amide bonds. The highest BCUT2D eigenvalue weighted by atomic mass is 16.6. The van der Waals surface area contributed by atoms with Crippen LogP contribution in [-0.4, -0.2) is 66.5 Å². The number of amides is 4. The quantitative estimate of drug-likeness (QED) is 0.207. The van der Waals surface area contributed by atoms with Crippen LogP contribution in [0.25, 0.3) is 6.08 Å². The van der Waals surface area contributed by atoms with Gasteiger partial charge >= 0.3 is 12.1 Å². The van der Waals surface area contributed by atoms with Gasteiger partial charge in [0.25, 0.3) is 0 Å². The number of primary amides is 1. The number of methoxy groups -OCH3 is 1. The van der Waals surface area contributed by atoms with E-state index in [1.807, 2.05) is 0 Å². The van der Waals surface area contributed by atoms with Crippen molar-refractivity contribution in [2.45, 2.75) is 83.9 Å². The second-order valence-electron chi connectivity index (χ2n) is 10.4. The van der Waals surface area contributed by atoms with E-state index >= 15 is 0 Å². The Bertz CT molecular complexity index is 1040. The molecular weight excluding hydrogens is 516 g/mol. The molecule has 0 heterocycles. The van der Waals surface area contributed by atoms with Crippen LogP contribution in [0.2, 0.25) is 0 Å². The van der Waals surface area contributed by atoms with Crippen LogP contribution in [0.3, 0.4) is 0 Å². The van der Waals surface area contributed by atoms with Crippen molar-refractivity contribution in [1.82, 2.24) is 15.5 Å². The van der Waals surface area contributed by atoms with E-state index in [2.05, 4.69) is 28.9 Å². The van der Waals surface area contributed by atoms with Gasteiger partial charge < -0.3 is 30.7 Å². The summed E-state index contributed by atoms with van der Waals surface area (Å²) in [7, 11) is 1.20. The van der Waals surface area contributed by atoms with Gasteiger partial charge in [0.2, 0.25) is 17.7 Å². The van der Waals surface area contributed by atoms with Crippen molar-refractivity contribution in [2.75, 3.05) is 20.2 Å². The lowest BCUT2D eigenvalue weighted by molar-refractivity contribution is -0.145. The van der Waals surface area contributed by atoms with E-state index in [9.17, 15) is 24.0 Å². The number of carbonyl (C=O) groups is 5. The molecule has 0 radical (unpaired) electrons. The second kappa shape index (κ2) is 16.9. The lowest BCUT2D eigenvalue weighted by Gasteiger charge is -2.34. The summed E-state index contributed by atoms with van der Waals surface area (Å²) in [6.07, 6.45) is 3.75. The lowest BCUT2D eigenvalue weighted by Crippen LogP contribution is -2.53. The topological polar surface area (TPSA) is 157 Å². The Morgan fingerprint density at radius 1 is 1.12 bits per heavy atom. The highest BCUT2D eigenvalue weighted by Crippen LogP contribution is 2.25. The molecule has 1 aromatic rings. The molecule has 0 bridgehead atoms. The molecule has 0 aromatic heterocycles. The van der Waals surface area contributed by atoms with E-state index in [1.54, 1.807) is 51.1 Å². The number of nitrogens with two attached hydrogens (primary N) is 1. The average Bonchev–Trinajstić information content (AvgIpc) is 2.89. The Labute approximate surface area is 236 Å².